The Labute approximate surface area is 151 Å². The fraction of sp³-hybridized carbons (Fsp3) is 0.238. The number of benzene rings is 2. The van der Waals surface area contributed by atoms with E-state index in [9.17, 15) is 4.79 Å². The second-order valence-electron chi connectivity index (χ2n) is 6.31. The van der Waals surface area contributed by atoms with Gasteiger partial charge in [0.2, 0.25) is 0 Å². The number of hydrogen-bond acceptors (Lipinski definition) is 5. The summed E-state index contributed by atoms with van der Waals surface area (Å²) in [5.74, 6) is 0.987. The van der Waals surface area contributed by atoms with Gasteiger partial charge in [-0.25, -0.2) is 4.79 Å². The van der Waals surface area contributed by atoms with Gasteiger partial charge in [-0.2, -0.15) is 0 Å². The molecule has 5 nitrogen and oxygen atoms in total. The van der Waals surface area contributed by atoms with Crippen LogP contribution in [-0.4, -0.2) is 30.3 Å². The van der Waals surface area contributed by atoms with Gasteiger partial charge in [-0.05, 0) is 37.6 Å². The molecule has 3 aromatic rings. The van der Waals surface area contributed by atoms with Crippen molar-refractivity contribution < 1.29 is 19.0 Å². The number of fused-ring (bicyclic) bond motifs is 2. The van der Waals surface area contributed by atoms with Crippen LogP contribution in [0.5, 0.6) is 11.5 Å². The number of esters is 1. The number of pyridine rings is 1. The Morgan fingerprint density at radius 3 is 2.69 bits per heavy atom. The minimum absolute atomic E-state index is 0.124. The second kappa shape index (κ2) is 6.67. The van der Waals surface area contributed by atoms with Crippen LogP contribution < -0.4 is 9.47 Å². The van der Waals surface area contributed by atoms with Crippen molar-refractivity contribution in [1.82, 2.24) is 4.98 Å². The molecule has 1 aliphatic heterocycles. The number of para-hydroxylation sites is 3. The molecule has 26 heavy (non-hydrogen) atoms. The summed E-state index contributed by atoms with van der Waals surface area (Å²) >= 11 is 0. The number of hydrogen-bond donors (Lipinski definition) is 0. The zero-order valence-electron chi connectivity index (χ0n) is 14.7. The second-order valence-corrected chi connectivity index (χ2v) is 6.31. The summed E-state index contributed by atoms with van der Waals surface area (Å²) in [6.45, 7) is 4.22. The van der Waals surface area contributed by atoms with Crippen LogP contribution in [-0.2, 0) is 4.74 Å². The molecule has 0 spiro atoms. The van der Waals surface area contributed by atoms with Crippen molar-refractivity contribution in [2.24, 2.45) is 0 Å². The quantitative estimate of drug-likeness (QED) is 0.672. The lowest BCUT2D eigenvalue weighted by Gasteiger charge is -2.26. The zero-order chi connectivity index (χ0) is 18.1. The van der Waals surface area contributed by atoms with E-state index in [0.717, 1.165) is 16.5 Å². The number of carbonyl (C=O) groups is 1. The molecule has 2 heterocycles. The normalized spacial score (nSPS) is 15.7. The molecule has 0 bridgehead atoms. The molecule has 5 heteroatoms. The minimum Gasteiger partial charge on any atom is -0.486 e. The van der Waals surface area contributed by atoms with Crippen LogP contribution in [0, 0.1) is 13.8 Å². The zero-order valence-corrected chi connectivity index (χ0v) is 14.7. The fourth-order valence-corrected chi connectivity index (χ4v) is 3.22. The molecule has 1 aliphatic rings. The molecule has 0 amide bonds. The number of rotatable bonds is 3. The first-order valence-electron chi connectivity index (χ1n) is 8.55. The van der Waals surface area contributed by atoms with Crippen molar-refractivity contribution in [2.45, 2.75) is 20.0 Å². The number of aryl methyl sites for hydroxylation is 2. The molecular formula is C21H19NO4. The SMILES string of the molecule is Cc1nc2ccccc2c(C)c1C(=O)OCC1COc2ccccc2O1. The van der Waals surface area contributed by atoms with Crippen molar-refractivity contribution in [2.75, 3.05) is 13.2 Å². The van der Waals surface area contributed by atoms with Gasteiger partial charge in [0, 0.05) is 5.39 Å². The van der Waals surface area contributed by atoms with Crippen LogP contribution >= 0.6 is 0 Å². The number of carbonyl (C=O) groups excluding carboxylic acids is 1. The summed E-state index contributed by atoms with van der Waals surface area (Å²) < 4.78 is 17.0. The average molecular weight is 349 g/mol. The summed E-state index contributed by atoms with van der Waals surface area (Å²) in [7, 11) is 0. The maximum absolute atomic E-state index is 12.7. The summed E-state index contributed by atoms with van der Waals surface area (Å²) in [6.07, 6.45) is -0.331. The highest BCUT2D eigenvalue weighted by Crippen LogP contribution is 2.31. The summed E-state index contributed by atoms with van der Waals surface area (Å²) in [6, 6.07) is 15.2. The van der Waals surface area contributed by atoms with E-state index in [1.807, 2.05) is 62.4 Å². The lowest BCUT2D eigenvalue weighted by Crippen LogP contribution is -2.34. The van der Waals surface area contributed by atoms with Crippen LogP contribution in [0.25, 0.3) is 10.9 Å². The fourth-order valence-electron chi connectivity index (χ4n) is 3.22. The Balaban J connectivity index is 1.50. The van der Waals surface area contributed by atoms with Crippen molar-refractivity contribution in [3.63, 3.8) is 0 Å². The van der Waals surface area contributed by atoms with E-state index in [-0.39, 0.29) is 18.7 Å². The van der Waals surface area contributed by atoms with E-state index in [1.54, 1.807) is 0 Å². The molecule has 1 aromatic heterocycles. The predicted octanol–water partition coefficient (Wildman–Crippen LogP) is 3.85. The van der Waals surface area contributed by atoms with Crippen LogP contribution in [0.3, 0.4) is 0 Å². The third-order valence-corrected chi connectivity index (χ3v) is 4.50. The summed E-state index contributed by atoms with van der Waals surface area (Å²) in [4.78, 5) is 17.2. The Morgan fingerprint density at radius 2 is 1.85 bits per heavy atom. The van der Waals surface area contributed by atoms with Crippen molar-refractivity contribution in [3.8, 4) is 11.5 Å². The Morgan fingerprint density at radius 1 is 1.12 bits per heavy atom. The highest BCUT2D eigenvalue weighted by molar-refractivity contribution is 5.98. The van der Waals surface area contributed by atoms with E-state index in [0.29, 0.717) is 29.4 Å². The lowest BCUT2D eigenvalue weighted by molar-refractivity contribution is 0.0108. The van der Waals surface area contributed by atoms with Gasteiger partial charge in [0.15, 0.2) is 17.6 Å². The summed E-state index contributed by atoms with van der Waals surface area (Å²) in [5.41, 5.74) is 2.93. The smallest absolute Gasteiger partial charge is 0.340 e. The molecule has 1 atom stereocenters. The molecule has 0 saturated heterocycles. The van der Waals surface area contributed by atoms with Crippen molar-refractivity contribution in [3.05, 3.63) is 65.4 Å². The first-order valence-corrected chi connectivity index (χ1v) is 8.55. The molecule has 0 aliphatic carbocycles. The Hall–Kier alpha value is -3.08. The monoisotopic (exact) mass is 349 g/mol. The van der Waals surface area contributed by atoms with Gasteiger partial charge >= 0.3 is 5.97 Å². The van der Waals surface area contributed by atoms with E-state index in [4.69, 9.17) is 14.2 Å². The third-order valence-electron chi connectivity index (χ3n) is 4.50. The van der Waals surface area contributed by atoms with Gasteiger partial charge in [-0.15, -0.1) is 0 Å². The lowest BCUT2D eigenvalue weighted by atomic mass is 10.0. The van der Waals surface area contributed by atoms with E-state index in [1.165, 1.54) is 0 Å². The van der Waals surface area contributed by atoms with Gasteiger partial charge in [0.25, 0.3) is 0 Å². The van der Waals surface area contributed by atoms with E-state index < -0.39 is 0 Å². The first kappa shape index (κ1) is 16.4. The van der Waals surface area contributed by atoms with Crippen LogP contribution in [0.4, 0.5) is 0 Å². The first-order chi connectivity index (χ1) is 12.6. The molecule has 2 aromatic carbocycles. The highest BCUT2D eigenvalue weighted by atomic mass is 16.6. The summed E-state index contributed by atoms with van der Waals surface area (Å²) in [5, 5.41) is 0.955. The molecule has 0 fully saturated rings. The van der Waals surface area contributed by atoms with Crippen molar-refractivity contribution >= 4 is 16.9 Å². The van der Waals surface area contributed by atoms with E-state index in [2.05, 4.69) is 4.98 Å². The molecule has 132 valence electrons. The Kier molecular flexibility index (Phi) is 4.21. The minimum atomic E-state index is -0.388. The van der Waals surface area contributed by atoms with E-state index >= 15 is 0 Å². The highest BCUT2D eigenvalue weighted by Gasteiger charge is 2.24. The molecule has 0 saturated carbocycles. The van der Waals surface area contributed by atoms with Crippen LogP contribution in [0.15, 0.2) is 48.5 Å². The van der Waals surface area contributed by atoms with Gasteiger partial charge in [0.1, 0.15) is 13.2 Å². The van der Waals surface area contributed by atoms with Gasteiger partial charge in [0.05, 0.1) is 16.8 Å². The maximum atomic E-state index is 12.7. The molecule has 0 N–H and O–H groups in total. The number of aromatic nitrogens is 1. The number of nitrogens with zero attached hydrogens (tertiary/aromatic N) is 1. The molecule has 1 unspecified atom stereocenters. The van der Waals surface area contributed by atoms with Gasteiger partial charge < -0.3 is 14.2 Å². The third kappa shape index (κ3) is 2.96. The molecule has 4 rings (SSSR count). The van der Waals surface area contributed by atoms with Crippen molar-refractivity contribution in [1.29, 1.82) is 0 Å². The maximum Gasteiger partial charge on any atom is 0.340 e. The molecule has 0 radical (unpaired) electrons. The average Bonchev–Trinajstić information content (AvgIpc) is 2.66. The van der Waals surface area contributed by atoms with Gasteiger partial charge in [-0.1, -0.05) is 30.3 Å². The van der Waals surface area contributed by atoms with Crippen LogP contribution in [0.2, 0.25) is 0 Å². The molecular weight excluding hydrogens is 330 g/mol. The standard InChI is InChI=1S/C21H19NO4/c1-13-16-7-3-4-8-17(16)22-14(2)20(13)21(23)25-12-15-11-24-18-9-5-6-10-19(18)26-15/h3-10,15H,11-12H2,1-2H3. The van der Waals surface area contributed by atoms with Gasteiger partial charge in [-0.3, -0.25) is 4.98 Å². The number of ether oxygens (including phenoxy) is 3. The topological polar surface area (TPSA) is 57.7 Å². The largest absolute Gasteiger partial charge is 0.486 e. The van der Waals surface area contributed by atoms with Crippen LogP contribution in [0.1, 0.15) is 21.6 Å². The predicted molar refractivity (Wildman–Crippen MR) is 97.9 cm³/mol. The Bertz CT molecular complexity index is 983.